The van der Waals surface area contributed by atoms with E-state index in [-0.39, 0.29) is 23.3 Å². The lowest BCUT2D eigenvalue weighted by atomic mass is 9.90. The lowest BCUT2D eigenvalue weighted by Gasteiger charge is -2.17. The summed E-state index contributed by atoms with van der Waals surface area (Å²) in [7, 11) is 2.83. The first-order chi connectivity index (χ1) is 16.6. The van der Waals surface area contributed by atoms with Crippen LogP contribution in [0, 0.1) is 69.5 Å². The van der Waals surface area contributed by atoms with Crippen LogP contribution < -0.4 is 0 Å². The van der Waals surface area contributed by atoms with E-state index in [4.69, 9.17) is 10.5 Å². The Morgan fingerprint density at radius 2 is 1.31 bits per heavy atom. The third kappa shape index (κ3) is 9.47. The second-order valence-corrected chi connectivity index (χ2v) is 11.4. The zero-order valence-corrected chi connectivity index (χ0v) is 23.1. The van der Waals surface area contributed by atoms with E-state index in [1.54, 1.807) is 0 Å². The second-order valence-electron chi connectivity index (χ2n) is 11.4. The first kappa shape index (κ1) is 31.0. The van der Waals surface area contributed by atoms with Gasteiger partial charge in [0, 0.05) is 11.8 Å². The van der Waals surface area contributed by atoms with Gasteiger partial charge in [0.25, 0.3) is 0 Å². The van der Waals surface area contributed by atoms with Gasteiger partial charge < -0.3 is 9.47 Å². The van der Waals surface area contributed by atoms with Gasteiger partial charge in [0.1, 0.15) is 0 Å². The average Bonchev–Trinajstić information content (AvgIpc) is 3.70. The molecule has 0 amide bonds. The molecular formula is C29H48N2O4. The molecule has 0 aliphatic heterocycles. The second kappa shape index (κ2) is 15.1. The maximum Gasteiger partial charge on any atom is 0.311 e. The summed E-state index contributed by atoms with van der Waals surface area (Å²) in [4.78, 5) is 21.4. The highest BCUT2D eigenvalue weighted by Crippen LogP contribution is 2.48. The Kier molecular flexibility index (Phi) is 13.4. The summed E-state index contributed by atoms with van der Waals surface area (Å²) in [5.74, 6) is 4.12. The molecule has 4 rings (SSSR count). The van der Waals surface area contributed by atoms with Gasteiger partial charge in [0.05, 0.1) is 37.7 Å². The van der Waals surface area contributed by atoms with Crippen LogP contribution in [0.4, 0.5) is 0 Å². The minimum Gasteiger partial charge on any atom is -0.469 e. The van der Waals surface area contributed by atoms with Crippen molar-refractivity contribution in [1.29, 1.82) is 10.5 Å². The first-order valence-electron chi connectivity index (χ1n) is 13.5. The monoisotopic (exact) mass is 488 g/mol. The van der Waals surface area contributed by atoms with Gasteiger partial charge in [-0.1, -0.05) is 33.6 Å². The molecule has 0 aromatic rings. The summed E-state index contributed by atoms with van der Waals surface area (Å²) >= 11 is 0. The summed E-state index contributed by atoms with van der Waals surface area (Å²) in [5.41, 5.74) is -0.311. The third-order valence-electron chi connectivity index (χ3n) is 8.65. The average molecular weight is 489 g/mol. The highest BCUT2D eigenvalue weighted by Gasteiger charge is 2.40. The number of fused-ring (bicyclic) bond motifs is 4. The van der Waals surface area contributed by atoms with Gasteiger partial charge in [0.2, 0.25) is 0 Å². The van der Waals surface area contributed by atoms with Crippen LogP contribution in [0.15, 0.2) is 0 Å². The fourth-order valence-electron chi connectivity index (χ4n) is 5.59. The van der Waals surface area contributed by atoms with Crippen LogP contribution in [0.2, 0.25) is 0 Å². The SMILES string of the molecule is CCC(C)(C)C(=O)OC.CCC(C)C(=O)OC.N#CC1CC2CCC1C2.N#CC1CC2CCC1C2. The Bertz CT molecular complexity index is 713. The molecule has 0 spiro atoms. The molecule has 4 aliphatic carbocycles. The van der Waals surface area contributed by atoms with E-state index in [0.29, 0.717) is 11.8 Å². The molecular weight excluding hydrogens is 440 g/mol. The predicted octanol–water partition coefficient (Wildman–Crippen LogP) is 6.69. The molecule has 6 nitrogen and oxygen atoms in total. The Hall–Kier alpha value is -2.08. The van der Waals surface area contributed by atoms with Crippen molar-refractivity contribution in [2.75, 3.05) is 14.2 Å². The van der Waals surface area contributed by atoms with E-state index in [2.05, 4.69) is 21.6 Å². The van der Waals surface area contributed by atoms with E-state index in [9.17, 15) is 9.59 Å². The molecule has 7 atom stereocenters. The fraction of sp³-hybridized carbons (Fsp3) is 0.862. The number of methoxy groups -OCH3 is 2. The molecule has 0 radical (unpaired) electrons. The zero-order valence-electron chi connectivity index (χ0n) is 23.1. The molecule has 6 heteroatoms. The van der Waals surface area contributed by atoms with Gasteiger partial charge in [0.15, 0.2) is 0 Å². The molecule has 4 aliphatic rings. The molecule has 0 aromatic heterocycles. The van der Waals surface area contributed by atoms with Crippen molar-refractivity contribution >= 4 is 11.9 Å². The lowest BCUT2D eigenvalue weighted by Crippen LogP contribution is -2.24. The zero-order chi connectivity index (χ0) is 26.6. The van der Waals surface area contributed by atoms with Gasteiger partial charge in [-0.2, -0.15) is 10.5 Å². The van der Waals surface area contributed by atoms with Crippen LogP contribution in [0.25, 0.3) is 0 Å². The Balaban J connectivity index is 0.000000234. The van der Waals surface area contributed by atoms with Crippen LogP contribution >= 0.6 is 0 Å². The van der Waals surface area contributed by atoms with Crippen molar-refractivity contribution in [2.45, 2.75) is 98.8 Å². The third-order valence-corrected chi connectivity index (χ3v) is 8.65. The van der Waals surface area contributed by atoms with Crippen LogP contribution in [0.1, 0.15) is 98.8 Å². The van der Waals surface area contributed by atoms with Crippen LogP contribution in [0.3, 0.4) is 0 Å². The van der Waals surface area contributed by atoms with Crippen molar-refractivity contribution in [2.24, 2.45) is 46.8 Å². The standard InChI is InChI=1S/2C8H11N.C7H14O2.C6H12O2/c2*9-5-8-4-6-1-2-7(8)3-6;1-5-7(2,3)6(8)9-4;1-4-5(2)6(7)8-3/h2*6-8H,1-4H2;5H2,1-4H3;5H,4H2,1-3H3. The number of esters is 2. The summed E-state index contributed by atoms with van der Waals surface area (Å²) in [6.45, 7) is 9.53. The largest absolute Gasteiger partial charge is 0.469 e. The van der Waals surface area contributed by atoms with Crippen LogP contribution in [-0.2, 0) is 19.1 Å². The van der Waals surface area contributed by atoms with E-state index < -0.39 is 0 Å². The molecule has 4 saturated carbocycles. The Labute approximate surface area is 213 Å². The van der Waals surface area contributed by atoms with Crippen molar-refractivity contribution in [3.8, 4) is 12.1 Å². The Morgan fingerprint density at radius 1 is 0.857 bits per heavy atom. The lowest BCUT2D eigenvalue weighted by molar-refractivity contribution is -0.150. The number of nitriles is 2. The molecule has 0 N–H and O–H groups in total. The molecule has 7 unspecified atom stereocenters. The van der Waals surface area contributed by atoms with Gasteiger partial charge in [-0.25, -0.2) is 0 Å². The number of rotatable bonds is 4. The van der Waals surface area contributed by atoms with E-state index >= 15 is 0 Å². The summed E-state index contributed by atoms with van der Waals surface area (Å²) < 4.78 is 9.03. The number of hydrogen-bond donors (Lipinski definition) is 0. The normalized spacial score (nSPS) is 30.1. The van der Waals surface area contributed by atoms with Crippen molar-refractivity contribution in [3.05, 3.63) is 0 Å². The maximum atomic E-state index is 10.8. The molecule has 198 valence electrons. The predicted molar refractivity (Wildman–Crippen MR) is 137 cm³/mol. The van der Waals surface area contributed by atoms with Gasteiger partial charge >= 0.3 is 11.9 Å². The number of carbonyl (C=O) groups excluding carboxylic acids is 2. The van der Waals surface area contributed by atoms with Crippen LogP contribution in [-0.4, -0.2) is 26.2 Å². The minimum atomic E-state index is -0.311. The number of hydrogen-bond acceptors (Lipinski definition) is 6. The number of ether oxygens (including phenoxy) is 2. The highest BCUT2D eigenvalue weighted by molar-refractivity contribution is 5.75. The van der Waals surface area contributed by atoms with Crippen LogP contribution in [0.5, 0.6) is 0 Å². The Morgan fingerprint density at radius 3 is 1.46 bits per heavy atom. The molecule has 0 saturated heterocycles. The van der Waals surface area contributed by atoms with E-state index in [1.807, 2.05) is 34.6 Å². The molecule has 0 aromatic carbocycles. The minimum absolute atomic E-state index is 0.0556. The first-order valence-corrected chi connectivity index (χ1v) is 13.5. The van der Waals surface area contributed by atoms with Gasteiger partial charge in [-0.05, 0) is 88.9 Å². The van der Waals surface area contributed by atoms with Gasteiger partial charge in [-0.15, -0.1) is 0 Å². The smallest absolute Gasteiger partial charge is 0.311 e. The summed E-state index contributed by atoms with van der Waals surface area (Å²) in [5, 5.41) is 17.3. The van der Waals surface area contributed by atoms with Crippen molar-refractivity contribution in [3.63, 3.8) is 0 Å². The number of nitrogens with zero attached hydrogens (tertiary/aromatic N) is 2. The van der Waals surface area contributed by atoms with E-state index in [1.165, 1.54) is 65.6 Å². The fourth-order valence-corrected chi connectivity index (χ4v) is 5.59. The molecule has 35 heavy (non-hydrogen) atoms. The van der Waals surface area contributed by atoms with Crippen molar-refractivity contribution < 1.29 is 19.1 Å². The number of carbonyl (C=O) groups is 2. The quantitative estimate of drug-likeness (QED) is 0.408. The van der Waals surface area contributed by atoms with E-state index in [0.717, 1.165) is 36.5 Å². The van der Waals surface area contributed by atoms with Crippen molar-refractivity contribution in [1.82, 2.24) is 0 Å². The topological polar surface area (TPSA) is 100 Å². The summed E-state index contributed by atoms with van der Waals surface area (Å²) in [6.07, 6.45) is 12.3. The summed E-state index contributed by atoms with van der Waals surface area (Å²) in [6, 6.07) is 4.79. The molecule has 0 heterocycles. The molecule has 4 fully saturated rings. The molecule has 4 bridgehead atoms. The maximum absolute atomic E-state index is 10.8. The highest BCUT2D eigenvalue weighted by atomic mass is 16.5. The van der Waals surface area contributed by atoms with Gasteiger partial charge in [-0.3, -0.25) is 9.59 Å².